The number of hydrogen-bond acceptors (Lipinski definition) is 6. The maximum absolute atomic E-state index is 10.6. The van der Waals surface area contributed by atoms with E-state index < -0.39 is 4.92 Å². The molecule has 0 amide bonds. The number of rotatable bonds is 3. The van der Waals surface area contributed by atoms with E-state index in [-0.39, 0.29) is 10.1 Å². The SMILES string of the molecule is NC(=S)NN=C1NCCN1c1ncc([N+](=O)[O-])s1. The minimum atomic E-state index is -0.477. The van der Waals surface area contributed by atoms with E-state index in [1.54, 1.807) is 4.90 Å². The first kappa shape index (κ1) is 12.4. The van der Waals surface area contributed by atoms with Gasteiger partial charge in [-0.1, -0.05) is 0 Å². The van der Waals surface area contributed by atoms with Gasteiger partial charge in [-0.05, 0) is 23.6 Å². The Hall–Kier alpha value is -2.01. The first-order valence-electron chi connectivity index (χ1n) is 4.82. The molecular weight excluding hydrogens is 278 g/mol. The summed E-state index contributed by atoms with van der Waals surface area (Å²) in [6.07, 6.45) is 1.22. The quantitative estimate of drug-likeness (QED) is 0.389. The highest BCUT2D eigenvalue weighted by atomic mass is 32.1. The maximum Gasteiger partial charge on any atom is 0.345 e. The lowest BCUT2D eigenvalue weighted by molar-refractivity contribution is -0.380. The number of nitrogens with two attached hydrogens (primary N) is 1. The summed E-state index contributed by atoms with van der Waals surface area (Å²) in [6, 6.07) is 0. The second-order valence-corrected chi connectivity index (χ2v) is 4.66. The third kappa shape index (κ3) is 2.62. The van der Waals surface area contributed by atoms with E-state index in [1.807, 2.05) is 0 Å². The van der Waals surface area contributed by atoms with Gasteiger partial charge >= 0.3 is 5.00 Å². The zero-order valence-electron chi connectivity index (χ0n) is 8.99. The van der Waals surface area contributed by atoms with Crippen LogP contribution >= 0.6 is 23.6 Å². The smallest absolute Gasteiger partial charge is 0.345 e. The van der Waals surface area contributed by atoms with Gasteiger partial charge in [0.2, 0.25) is 5.96 Å². The summed E-state index contributed by atoms with van der Waals surface area (Å²) in [7, 11) is 0. The normalized spacial score (nSPS) is 16.7. The van der Waals surface area contributed by atoms with Crippen LogP contribution in [0, 0.1) is 10.1 Å². The van der Waals surface area contributed by atoms with E-state index in [1.165, 1.54) is 6.20 Å². The lowest BCUT2D eigenvalue weighted by Crippen LogP contribution is -2.34. The van der Waals surface area contributed by atoms with E-state index in [0.717, 1.165) is 11.3 Å². The van der Waals surface area contributed by atoms with Gasteiger partial charge in [0.1, 0.15) is 6.20 Å². The number of guanidine groups is 1. The van der Waals surface area contributed by atoms with Crippen molar-refractivity contribution >= 4 is 44.8 Å². The summed E-state index contributed by atoms with van der Waals surface area (Å²) in [5.74, 6) is 0.479. The minimum absolute atomic E-state index is 0.0152. The van der Waals surface area contributed by atoms with Crippen molar-refractivity contribution < 1.29 is 4.92 Å². The van der Waals surface area contributed by atoms with Crippen molar-refractivity contribution in [2.24, 2.45) is 10.8 Å². The third-order valence-electron chi connectivity index (χ3n) is 2.04. The van der Waals surface area contributed by atoms with Crippen LogP contribution < -0.4 is 21.4 Å². The monoisotopic (exact) mass is 287 g/mol. The van der Waals surface area contributed by atoms with Crippen molar-refractivity contribution in [3.8, 4) is 0 Å². The molecule has 0 aromatic carbocycles. The molecular formula is C7H9N7O2S2. The average Bonchev–Trinajstić information content (AvgIpc) is 2.94. The highest BCUT2D eigenvalue weighted by Crippen LogP contribution is 2.28. The predicted octanol–water partition coefficient (Wildman–Crippen LogP) is -0.435. The van der Waals surface area contributed by atoms with Gasteiger partial charge < -0.3 is 11.1 Å². The van der Waals surface area contributed by atoms with E-state index in [4.69, 9.17) is 5.73 Å². The van der Waals surface area contributed by atoms with Gasteiger partial charge in [0.25, 0.3) is 0 Å². The van der Waals surface area contributed by atoms with Crippen molar-refractivity contribution in [1.29, 1.82) is 0 Å². The molecule has 1 aromatic heterocycles. The molecule has 4 N–H and O–H groups in total. The van der Waals surface area contributed by atoms with Gasteiger partial charge in [0.05, 0.1) is 4.92 Å². The first-order valence-corrected chi connectivity index (χ1v) is 6.05. The molecule has 0 atom stereocenters. The Bertz CT molecular complexity index is 514. The zero-order chi connectivity index (χ0) is 13.1. The van der Waals surface area contributed by atoms with Gasteiger partial charge in [-0.2, -0.15) is 0 Å². The van der Waals surface area contributed by atoms with Crippen LogP contribution in [0.4, 0.5) is 10.1 Å². The summed E-state index contributed by atoms with van der Waals surface area (Å²) in [4.78, 5) is 15.8. The number of hydrogen-bond donors (Lipinski definition) is 3. The number of anilines is 1. The molecule has 2 heterocycles. The molecule has 0 spiro atoms. The van der Waals surface area contributed by atoms with Gasteiger partial charge in [-0.3, -0.25) is 20.4 Å². The Balaban J connectivity index is 2.17. The lowest BCUT2D eigenvalue weighted by atomic mass is 10.6. The van der Waals surface area contributed by atoms with Gasteiger partial charge in [0.15, 0.2) is 10.2 Å². The summed E-state index contributed by atoms with van der Waals surface area (Å²) >= 11 is 5.61. The van der Waals surface area contributed by atoms with Crippen molar-refractivity contribution in [1.82, 2.24) is 15.7 Å². The molecule has 1 aliphatic rings. The second kappa shape index (κ2) is 5.10. The highest BCUT2D eigenvalue weighted by Gasteiger charge is 2.24. The molecule has 0 unspecified atom stereocenters. The fraction of sp³-hybridized carbons (Fsp3) is 0.286. The van der Waals surface area contributed by atoms with Crippen LogP contribution in [-0.4, -0.2) is 34.1 Å². The minimum Gasteiger partial charge on any atom is -0.375 e. The fourth-order valence-corrected chi connectivity index (χ4v) is 2.15. The summed E-state index contributed by atoms with van der Waals surface area (Å²) in [6.45, 7) is 1.27. The third-order valence-corrected chi connectivity index (χ3v) is 3.10. The average molecular weight is 287 g/mol. The van der Waals surface area contributed by atoms with E-state index in [0.29, 0.717) is 24.2 Å². The van der Waals surface area contributed by atoms with Crippen LogP contribution in [0.2, 0.25) is 0 Å². The molecule has 1 fully saturated rings. The van der Waals surface area contributed by atoms with Crippen LogP contribution in [0.3, 0.4) is 0 Å². The van der Waals surface area contributed by atoms with Crippen LogP contribution in [0.15, 0.2) is 11.3 Å². The van der Waals surface area contributed by atoms with Crippen LogP contribution in [0.5, 0.6) is 0 Å². The zero-order valence-corrected chi connectivity index (χ0v) is 10.6. The summed E-state index contributed by atoms with van der Waals surface area (Å²) in [5.41, 5.74) is 7.72. The molecule has 0 bridgehead atoms. The first-order chi connectivity index (χ1) is 8.58. The number of hydrazone groups is 1. The summed E-state index contributed by atoms with van der Waals surface area (Å²) < 4.78 is 0. The Morgan fingerprint density at radius 2 is 2.61 bits per heavy atom. The molecule has 18 heavy (non-hydrogen) atoms. The Labute approximate surface area is 111 Å². The number of nitrogens with zero attached hydrogens (tertiary/aromatic N) is 4. The van der Waals surface area contributed by atoms with Crippen molar-refractivity contribution in [3.63, 3.8) is 0 Å². The molecule has 0 aliphatic carbocycles. The van der Waals surface area contributed by atoms with Gasteiger partial charge in [-0.25, -0.2) is 4.98 Å². The maximum atomic E-state index is 10.6. The number of nitrogens with one attached hydrogen (secondary N) is 2. The van der Waals surface area contributed by atoms with E-state index in [9.17, 15) is 10.1 Å². The summed E-state index contributed by atoms with van der Waals surface area (Å²) in [5, 5.41) is 18.1. The molecule has 1 aromatic rings. The number of nitro groups is 1. The molecule has 2 rings (SSSR count). The van der Waals surface area contributed by atoms with E-state index >= 15 is 0 Å². The standard InChI is InChI=1S/C7H9N7O2S2/c8-5(17)11-12-6-9-1-2-13(6)7-10-3-4(18-7)14(15)16/h3H,1-2H2,(H,9,12)(H3,8,11,17). The molecule has 0 radical (unpaired) electrons. The second-order valence-electron chi connectivity index (χ2n) is 3.23. The number of thiazole rings is 1. The lowest BCUT2D eigenvalue weighted by Gasteiger charge is -2.12. The van der Waals surface area contributed by atoms with Crippen LogP contribution in [0.25, 0.3) is 0 Å². The molecule has 9 nitrogen and oxygen atoms in total. The predicted molar refractivity (Wildman–Crippen MR) is 71.5 cm³/mol. The Morgan fingerprint density at radius 3 is 3.22 bits per heavy atom. The number of aromatic nitrogens is 1. The molecule has 11 heteroatoms. The van der Waals surface area contributed by atoms with Crippen molar-refractivity contribution in [2.75, 3.05) is 18.0 Å². The molecule has 96 valence electrons. The highest BCUT2D eigenvalue weighted by molar-refractivity contribution is 7.80. The molecule has 0 saturated carbocycles. The van der Waals surface area contributed by atoms with Crippen molar-refractivity contribution in [2.45, 2.75) is 0 Å². The van der Waals surface area contributed by atoms with Crippen LogP contribution in [0.1, 0.15) is 0 Å². The van der Waals surface area contributed by atoms with Gasteiger partial charge in [0, 0.05) is 13.1 Å². The van der Waals surface area contributed by atoms with E-state index in [2.05, 4.69) is 33.0 Å². The Kier molecular flexibility index (Phi) is 3.53. The Morgan fingerprint density at radius 1 is 1.83 bits per heavy atom. The largest absolute Gasteiger partial charge is 0.375 e. The van der Waals surface area contributed by atoms with Crippen LogP contribution in [-0.2, 0) is 0 Å². The number of thiocarbonyl (C=S) groups is 1. The van der Waals surface area contributed by atoms with Gasteiger partial charge in [-0.15, -0.1) is 5.10 Å². The van der Waals surface area contributed by atoms with Crippen molar-refractivity contribution in [3.05, 3.63) is 16.3 Å². The molecule has 1 aliphatic heterocycles. The molecule has 1 saturated heterocycles. The fourth-order valence-electron chi connectivity index (χ4n) is 1.34. The topological polar surface area (TPSA) is 122 Å².